The van der Waals surface area contributed by atoms with E-state index in [9.17, 15) is 5.48 Å². The van der Waals surface area contributed by atoms with Crippen molar-refractivity contribution >= 4 is 79.7 Å². The Bertz CT molecular complexity index is 3480. The maximum Gasteiger partial charge on any atom is 0.220 e. The third-order valence-corrected chi connectivity index (χ3v) is 17.6. The van der Waals surface area contributed by atoms with Gasteiger partial charge in [-0.25, -0.2) is 15.0 Å². The molecule has 1 aliphatic heterocycles. The molecular formula is C50H35N7OS2Si. The summed E-state index contributed by atoms with van der Waals surface area (Å²) in [6.45, 7) is 0. The fraction of sp³-hybridized carbons (Fsp3) is 0.0600. The first-order valence-electron chi connectivity index (χ1n) is 21.8. The zero-order valence-corrected chi connectivity index (χ0v) is 34.9. The van der Waals surface area contributed by atoms with E-state index in [0.717, 1.165) is 77.3 Å². The Morgan fingerprint density at radius 1 is 0.574 bits per heavy atom. The molecular weight excluding hydrogens is 807 g/mol. The molecule has 0 fully saturated rings. The second kappa shape index (κ2) is 14.3. The number of hydrogen-bond acceptors (Lipinski definition) is 8. The van der Waals surface area contributed by atoms with Gasteiger partial charge in [0.1, 0.15) is 34.2 Å². The van der Waals surface area contributed by atoms with Crippen LogP contribution in [0.5, 0.6) is 11.5 Å². The van der Waals surface area contributed by atoms with Crippen LogP contribution in [0.15, 0.2) is 189 Å². The van der Waals surface area contributed by atoms with E-state index in [2.05, 4.69) is 137 Å². The third kappa shape index (κ3) is 5.51. The van der Waals surface area contributed by atoms with Gasteiger partial charge in [-0.3, -0.25) is 8.97 Å². The molecule has 11 heteroatoms. The number of aromatic nitrogens is 7. The number of benzene rings is 7. The number of ether oxygens (including phenoxy) is 1. The number of rotatable bonds is 9. The van der Waals surface area contributed by atoms with Crippen molar-refractivity contribution in [2.24, 2.45) is 0 Å². The molecule has 8 nitrogen and oxygen atoms in total. The summed E-state index contributed by atoms with van der Waals surface area (Å²) in [5.41, 5.74) is 3.41. The SMILES string of the molecule is [2H]C([2H])(c1ncns1)C1(C([2H])([2H])c2ncns2)c2ccccc2Oc2c1cccc2[Si](c1ccccc1)(c1ccccc1)c1cccc(-n2c3ccccc3n3c4ccccc4nc23)c1. The lowest BCUT2D eigenvalue weighted by Gasteiger charge is -2.43. The van der Waals surface area contributed by atoms with Crippen molar-refractivity contribution < 1.29 is 10.2 Å². The molecule has 0 amide bonds. The number of fused-ring (bicyclic) bond motifs is 7. The van der Waals surface area contributed by atoms with Gasteiger partial charge in [-0.1, -0.05) is 133 Å². The maximum absolute atomic E-state index is 10.3. The molecule has 0 radical (unpaired) electrons. The predicted molar refractivity (Wildman–Crippen MR) is 248 cm³/mol. The van der Waals surface area contributed by atoms with Gasteiger partial charge in [-0.2, -0.15) is 8.75 Å². The highest BCUT2D eigenvalue weighted by molar-refractivity contribution is 7.20. The fourth-order valence-electron chi connectivity index (χ4n) is 9.26. The van der Waals surface area contributed by atoms with Crippen molar-refractivity contribution in [2.45, 2.75) is 18.2 Å². The second-order valence-electron chi connectivity index (χ2n) is 14.9. The first-order valence-corrected chi connectivity index (χ1v) is 23.4. The molecule has 7 aromatic carbocycles. The van der Waals surface area contributed by atoms with Crippen LogP contribution in [-0.2, 0) is 18.2 Å². The highest BCUT2D eigenvalue weighted by Gasteiger charge is 2.50. The first kappa shape index (κ1) is 31.8. The molecule has 0 N–H and O–H groups in total. The molecule has 0 aliphatic carbocycles. The molecule has 12 rings (SSSR count). The van der Waals surface area contributed by atoms with Crippen LogP contribution in [-0.4, -0.2) is 40.7 Å². The topological polar surface area (TPSA) is 83.0 Å². The van der Waals surface area contributed by atoms with Crippen LogP contribution in [0.2, 0.25) is 0 Å². The molecule has 292 valence electrons. The highest BCUT2D eigenvalue weighted by atomic mass is 32.1. The first-order chi connectivity index (χ1) is 31.8. The average molecular weight is 846 g/mol. The fourth-order valence-corrected chi connectivity index (χ4v) is 15.1. The number of imidazole rings is 2. The standard InChI is InChI=1S/C50H35N7OS2Si/c1-3-16-35(17-4-1)61(36-18-5-2-6-19-36,37-20-13-15-34(29-37)56-42-25-10-11-26-43(42)57-41-24-9-8-23-40(41)55-49(56)57)45-28-14-22-39-48(45)58-44-27-12-7-21-38(44)50(39,30-46-51-32-53-59-46)31-47-52-33-54-60-47/h1-29,32-33H,30-31H2/i30D2,31D2. The summed E-state index contributed by atoms with van der Waals surface area (Å²) in [6.07, 6.45) is -2.38. The van der Waals surface area contributed by atoms with E-state index in [-0.39, 0.29) is 10.0 Å². The molecule has 61 heavy (non-hydrogen) atoms. The Morgan fingerprint density at radius 2 is 1.16 bits per heavy atom. The monoisotopic (exact) mass is 845 g/mol. The summed E-state index contributed by atoms with van der Waals surface area (Å²) in [4.78, 5) is 14.1. The van der Waals surface area contributed by atoms with Gasteiger partial charge in [-0.05, 0) is 86.3 Å². The Balaban J connectivity index is 1.22. The molecule has 0 bridgehead atoms. The van der Waals surface area contributed by atoms with Crippen LogP contribution in [0.3, 0.4) is 0 Å². The van der Waals surface area contributed by atoms with E-state index in [1.807, 2.05) is 48.5 Å². The summed E-state index contributed by atoms with van der Waals surface area (Å²) in [5.74, 6) is 1.50. The number of para-hydroxylation sites is 6. The van der Waals surface area contributed by atoms with Crippen molar-refractivity contribution in [3.63, 3.8) is 0 Å². The van der Waals surface area contributed by atoms with E-state index in [4.69, 9.17) is 9.72 Å². The van der Waals surface area contributed by atoms with Gasteiger partial charge in [0.25, 0.3) is 0 Å². The molecule has 4 aromatic heterocycles. The third-order valence-electron chi connectivity index (χ3n) is 11.7. The Hall–Kier alpha value is -7.05. The van der Waals surface area contributed by atoms with E-state index < -0.39 is 26.2 Å². The predicted octanol–water partition coefficient (Wildman–Crippen LogP) is 8.39. The molecule has 0 saturated carbocycles. The summed E-state index contributed by atoms with van der Waals surface area (Å²) >= 11 is 1.82. The zero-order chi connectivity index (χ0) is 44.0. The van der Waals surface area contributed by atoms with Crippen molar-refractivity contribution in [1.82, 2.24) is 32.7 Å². The Labute approximate surface area is 366 Å². The Morgan fingerprint density at radius 3 is 1.87 bits per heavy atom. The summed E-state index contributed by atoms with van der Waals surface area (Å²) in [7, 11) is -3.59. The highest BCUT2D eigenvalue weighted by Crippen LogP contribution is 2.51. The van der Waals surface area contributed by atoms with E-state index >= 15 is 0 Å². The minimum atomic E-state index is -3.59. The lowest BCUT2D eigenvalue weighted by Crippen LogP contribution is -2.75. The minimum absolute atomic E-state index is 0.0261. The van der Waals surface area contributed by atoms with Crippen LogP contribution in [0.1, 0.15) is 26.6 Å². The van der Waals surface area contributed by atoms with Gasteiger partial charge in [0.15, 0.2) is 8.07 Å². The minimum Gasteiger partial charge on any atom is -0.457 e. The van der Waals surface area contributed by atoms with E-state index in [1.54, 1.807) is 18.2 Å². The van der Waals surface area contributed by atoms with Gasteiger partial charge >= 0.3 is 0 Å². The van der Waals surface area contributed by atoms with Gasteiger partial charge < -0.3 is 4.74 Å². The molecule has 0 atom stereocenters. The van der Waals surface area contributed by atoms with Gasteiger partial charge in [0.2, 0.25) is 5.78 Å². The molecule has 0 spiro atoms. The van der Waals surface area contributed by atoms with Crippen LogP contribution in [0, 0.1) is 0 Å². The lowest BCUT2D eigenvalue weighted by molar-refractivity contribution is 0.387. The number of nitrogens with zero attached hydrogens (tertiary/aromatic N) is 7. The largest absolute Gasteiger partial charge is 0.457 e. The van der Waals surface area contributed by atoms with Crippen molar-refractivity contribution in [2.75, 3.05) is 0 Å². The normalized spacial score (nSPS) is 14.8. The van der Waals surface area contributed by atoms with Crippen molar-refractivity contribution in [3.05, 3.63) is 210 Å². The van der Waals surface area contributed by atoms with Crippen LogP contribution in [0.25, 0.3) is 33.5 Å². The zero-order valence-electron chi connectivity index (χ0n) is 36.3. The summed E-state index contributed by atoms with van der Waals surface area (Å²) < 4.78 is 61.3. The van der Waals surface area contributed by atoms with Gasteiger partial charge in [0, 0.05) is 40.5 Å². The Kier molecular flexibility index (Phi) is 7.46. The number of hydrogen-bond donors (Lipinski definition) is 0. The van der Waals surface area contributed by atoms with Crippen LogP contribution >= 0.6 is 23.1 Å². The van der Waals surface area contributed by atoms with Gasteiger partial charge in [0.05, 0.1) is 22.1 Å². The maximum atomic E-state index is 10.3. The average Bonchev–Trinajstić information content (AvgIpc) is 4.19. The molecule has 0 saturated heterocycles. The van der Waals surface area contributed by atoms with E-state index in [1.165, 1.54) is 12.7 Å². The molecule has 1 aliphatic rings. The van der Waals surface area contributed by atoms with Crippen molar-refractivity contribution in [1.29, 1.82) is 0 Å². The molecule has 11 aromatic rings. The molecule has 0 unspecified atom stereocenters. The quantitative estimate of drug-likeness (QED) is 0.107. The van der Waals surface area contributed by atoms with E-state index in [0.29, 0.717) is 22.6 Å². The second-order valence-corrected chi connectivity index (χ2v) is 20.2. The van der Waals surface area contributed by atoms with Crippen LogP contribution < -0.4 is 25.5 Å². The van der Waals surface area contributed by atoms with Crippen LogP contribution in [0.4, 0.5) is 0 Å². The van der Waals surface area contributed by atoms with Gasteiger partial charge in [-0.15, -0.1) is 0 Å². The van der Waals surface area contributed by atoms with Crippen molar-refractivity contribution in [3.8, 4) is 17.2 Å². The summed E-state index contributed by atoms with van der Waals surface area (Å²) in [6, 6.07) is 59.1. The smallest absolute Gasteiger partial charge is 0.220 e. The molecule has 5 heterocycles. The summed E-state index contributed by atoms with van der Waals surface area (Å²) in [5, 5.41) is 4.01. The lowest BCUT2D eigenvalue weighted by atomic mass is 9.68.